The zero-order valence-corrected chi connectivity index (χ0v) is 18.3. The fourth-order valence-corrected chi connectivity index (χ4v) is 4.39. The van der Waals surface area contributed by atoms with Crippen molar-refractivity contribution in [1.82, 2.24) is 0 Å². The zero-order valence-electron chi connectivity index (χ0n) is 11.3. The molecular weight excluding hydrogens is 253 g/mol. The van der Waals surface area contributed by atoms with Gasteiger partial charge in [-0.3, -0.25) is 8.80 Å². The minimum Gasteiger partial charge on any atom is -0.881 e. The Bertz CT molecular complexity index is 185. The molecule has 1 fully saturated rings. The van der Waals surface area contributed by atoms with Gasteiger partial charge in [0.05, 0.1) is 0 Å². The van der Waals surface area contributed by atoms with Crippen LogP contribution in [0.4, 0.5) is 0 Å². The Morgan fingerprint density at radius 3 is 1.81 bits per heavy atom. The third-order valence-corrected chi connectivity index (χ3v) is 5.30. The molecule has 0 aliphatic heterocycles. The van der Waals surface area contributed by atoms with Crippen molar-refractivity contribution < 1.29 is 103 Å². The Balaban J connectivity index is -0.000000563. The van der Waals surface area contributed by atoms with Crippen LogP contribution in [-0.4, -0.2) is 8.80 Å². The van der Waals surface area contributed by atoms with Crippen LogP contribution in [0.25, 0.3) is 0 Å². The summed E-state index contributed by atoms with van der Waals surface area (Å²) in [6.45, 7) is 4.03. The molecule has 2 atom stereocenters. The quantitative estimate of drug-likeness (QED) is 0.476. The molecule has 0 aromatic carbocycles. The third kappa shape index (κ3) is 5.61. The SMILES string of the molecule is CCC[C@]1(CC)CCC1[Si]([O-])([O-])[O-].[Na+].[Na+].[Na+]. The van der Waals surface area contributed by atoms with Gasteiger partial charge in [-0.05, 0) is 18.3 Å². The maximum absolute atomic E-state index is 11.0. The molecule has 0 spiro atoms. The normalized spacial score (nSPS) is 27.9. The fraction of sp³-hybridized carbons (Fsp3) is 1.00. The van der Waals surface area contributed by atoms with Crippen molar-refractivity contribution in [3.05, 3.63) is 0 Å². The Labute approximate surface area is 166 Å². The van der Waals surface area contributed by atoms with Crippen LogP contribution in [0.5, 0.6) is 0 Å². The molecule has 16 heavy (non-hydrogen) atoms. The molecule has 1 aliphatic carbocycles. The Morgan fingerprint density at radius 2 is 1.62 bits per heavy atom. The van der Waals surface area contributed by atoms with Gasteiger partial charge in [-0.25, -0.2) is 0 Å². The van der Waals surface area contributed by atoms with Crippen molar-refractivity contribution in [2.24, 2.45) is 5.41 Å². The number of hydrogen-bond donors (Lipinski definition) is 0. The summed E-state index contributed by atoms with van der Waals surface area (Å²) in [6, 6.07) is 0. The monoisotopic (exact) mass is 270 g/mol. The first kappa shape index (κ1) is 24.1. The average molecular weight is 270 g/mol. The Morgan fingerprint density at radius 1 is 1.12 bits per heavy atom. The van der Waals surface area contributed by atoms with E-state index < -0.39 is 14.3 Å². The van der Waals surface area contributed by atoms with Crippen LogP contribution in [0.1, 0.15) is 46.0 Å². The van der Waals surface area contributed by atoms with Crippen LogP contribution in [-0.2, 0) is 0 Å². The van der Waals surface area contributed by atoms with Crippen LogP contribution < -0.4 is 103 Å². The molecule has 0 heterocycles. The second-order valence-electron chi connectivity index (χ2n) is 4.16. The molecule has 0 radical (unpaired) electrons. The van der Waals surface area contributed by atoms with E-state index in [4.69, 9.17) is 0 Å². The molecule has 1 aliphatic rings. The van der Waals surface area contributed by atoms with E-state index in [0.29, 0.717) is 6.42 Å². The number of rotatable bonds is 4. The molecular formula is C9H17Na3O3Si. The van der Waals surface area contributed by atoms with Crippen molar-refractivity contribution in [1.29, 1.82) is 0 Å². The first-order chi connectivity index (χ1) is 5.96. The molecule has 0 amide bonds. The molecule has 3 nitrogen and oxygen atoms in total. The molecule has 1 saturated carbocycles. The standard InChI is InChI=1S/C9H17O3Si.3Na/c1-3-6-9(4-2)7-5-8(9)13(10,11)12;;;/h8H,3-7H2,1-2H3;;;/q-3;3*+1/t8?,9-;;;/m1.../s1. The smallest absolute Gasteiger partial charge is 0.881 e. The largest absolute Gasteiger partial charge is 1.00 e. The summed E-state index contributed by atoms with van der Waals surface area (Å²) in [5, 5.41) is 0. The van der Waals surface area contributed by atoms with Gasteiger partial charge in [0.15, 0.2) is 0 Å². The van der Waals surface area contributed by atoms with E-state index in [0.717, 1.165) is 25.7 Å². The predicted octanol–water partition coefficient (Wildman–Crippen LogP) is -9.62. The summed E-state index contributed by atoms with van der Waals surface area (Å²) in [5.41, 5.74) is -0.711. The molecule has 0 aromatic rings. The third-order valence-electron chi connectivity index (χ3n) is 3.55. The van der Waals surface area contributed by atoms with E-state index in [1.807, 2.05) is 13.8 Å². The maximum Gasteiger partial charge on any atom is 1.00 e. The van der Waals surface area contributed by atoms with Gasteiger partial charge in [-0.2, -0.15) is 0 Å². The summed E-state index contributed by atoms with van der Waals surface area (Å²) >= 11 is 0. The van der Waals surface area contributed by atoms with Gasteiger partial charge in [0.25, 0.3) is 0 Å². The summed E-state index contributed by atoms with van der Waals surface area (Å²) in [4.78, 5) is 32.9. The van der Waals surface area contributed by atoms with E-state index in [-0.39, 0.29) is 94.1 Å². The van der Waals surface area contributed by atoms with Crippen molar-refractivity contribution >= 4 is 8.80 Å². The summed E-state index contributed by atoms with van der Waals surface area (Å²) in [5.74, 6) is 0. The summed E-state index contributed by atoms with van der Waals surface area (Å²) in [7, 11) is -4.62. The minimum absolute atomic E-state index is 0. The molecule has 1 rings (SSSR count). The van der Waals surface area contributed by atoms with E-state index in [1.165, 1.54) is 0 Å². The molecule has 0 saturated heterocycles. The van der Waals surface area contributed by atoms with Crippen LogP contribution >= 0.6 is 0 Å². The van der Waals surface area contributed by atoms with Gasteiger partial charge in [-0.1, -0.05) is 38.7 Å². The Kier molecular flexibility index (Phi) is 15.0. The van der Waals surface area contributed by atoms with Crippen LogP contribution in [0, 0.1) is 5.41 Å². The second kappa shape index (κ2) is 9.92. The van der Waals surface area contributed by atoms with E-state index in [9.17, 15) is 14.4 Å². The first-order valence-electron chi connectivity index (χ1n) is 5.07. The van der Waals surface area contributed by atoms with Gasteiger partial charge in [0.1, 0.15) is 0 Å². The zero-order chi connectivity index (χ0) is 10.1. The molecule has 0 aromatic heterocycles. The van der Waals surface area contributed by atoms with Crippen molar-refractivity contribution in [3.8, 4) is 0 Å². The average Bonchev–Trinajstić information content (AvgIpc) is 1.94. The van der Waals surface area contributed by atoms with Crippen molar-refractivity contribution in [2.75, 3.05) is 0 Å². The fourth-order valence-electron chi connectivity index (χ4n) is 2.65. The van der Waals surface area contributed by atoms with Gasteiger partial charge in [0.2, 0.25) is 0 Å². The first-order valence-corrected chi connectivity index (χ1v) is 6.87. The van der Waals surface area contributed by atoms with Gasteiger partial charge in [0, 0.05) is 0 Å². The topological polar surface area (TPSA) is 69.2 Å². The van der Waals surface area contributed by atoms with Crippen LogP contribution in [0.2, 0.25) is 5.54 Å². The summed E-state index contributed by atoms with van der Waals surface area (Å²) in [6.07, 6.45) is 4.19. The molecule has 0 bridgehead atoms. The molecule has 7 heteroatoms. The van der Waals surface area contributed by atoms with Crippen LogP contribution in [0.15, 0.2) is 0 Å². The predicted molar refractivity (Wildman–Crippen MR) is 46.4 cm³/mol. The Hall–Kier alpha value is 3.10. The second-order valence-corrected chi connectivity index (χ2v) is 6.06. The number of hydrogen-bond acceptors (Lipinski definition) is 3. The van der Waals surface area contributed by atoms with Gasteiger partial charge < -0.3 is 14.4 Å². The van der Waals surface area contributed by atoms with Gasteiger partial charge in [-0.15, -0.1) is 0 Å². The van der Waals surface area contributed by atoms with Crippen molar-refractivity contribution in [2.45, 2.75) is 51.5 Å². The summed E-state index contributed by atoms with van der Waals surface area (Å²) < 4.78 is 0. The maximum atomic E-state index is 11.0. The van der Waals surface area contributed by atoms with E-state index in [2.05, 4.69) is 0 Å². The van der Waals surface area contributed by atoms with E-state index >= 15 is 0 Å². The molecule has 78 valence electrons. The molecule has 1 unspecified atom stereocenters. The molecule has 0 N–H and O–H groups in total. The van der Waals surface area contributed by atoms with E-state index in [1.54, 1.807) is 0 Å². The minimum atomic E-state index is -4.62. The van der Waals surface area contributed by atoms with Crippen molar-refractivity contribution in [3.63, 3.8) is 0 Å². The van der Waals surface area contributed by atoms with Crippen LogP contribution in [0.3, 0.4) is 0 Å². The van der Waals surface area contributed by atoms with Gasteiger partial charge >= 0.3 is 88.7 Å².